The average molecular weight is 1440 g/mol. The smallest absolute Gasteiger partial charge is 0.462 e. The van der Waals surface area contributed by atoms with E-state index in [1.165, 1.54) is 167 Å². The van der Waals surface area contributed by atoms with E-state index in [2.05, 4.69) is 83.2 Å². The molecular formula is C80H148O17P2. The molecule has 0 saturated heterocycles. The van der Waals surface area contributed by atoms with Crippen LogP contribution < -0.4 is 0 Å². The molecule has 0 fully saturated rings. The first kappa shape index (κ1) is 96.0. The minimum Gasteiger partial charge on any atom is -0.462 e. The summed E-state index contributed by atoms with van der Waals surface area (Å²) in [4.78, 5) is 72.9. The zero-order valence-electron chi connectivity index (χ0n) is 63.6. The van der Waals surface area contributed by atoms with Crippen LogP contribution in [0.4, 0.5) is 0 Å². The summed E-state index contributed by atoms with van der Waals surface area (Å²) in [5.74, 6) is -1.36. The second kappa shape index (κ2) is 72.0. The number of aliphatic hydroxyl groups is 1. The fourth-order valence-corrected chi connectivity index (χ4v) is 12.9. The highest BCUT2D eigenvalue weighted by Crippen LogP contribution is 2.45. The Morgan fingerprint density at radius 3 is 0.828 bits per heavy atom. The Morgan fingerprint density at radius 1 is 0.313 bits per heavy atom. The van der Waals surface area contributed by atoms with Crippen LogP contribution in [0.3, 0.4) is 0 Å². The van der Waals surface area contributed by atoms with Gasteiger partial charge in [0.2, 0.25) is 0 Å². The molecule has 0 saturated carbocycles. The summed E-state index contributed by atoms with van der Waals surface area (Å²) >= 11 is 0. The van der Waals surface area contributed by atoms with Gasteiger partial charge in [0, 0.05) is 25.7 Å². The van der Waals surface area contributed by atoms with Gasteiger partial charge in [0.25, 0.3) is 0 Å². The van der Waals surface area contributed by atoms with Gasteiger partial charge in [-0.1, -0.05) is 321 Å². The van der Waals surface area contributed by atoms with Crippen LogP contribution in [0.15, 0.2) is 48.6 Å². The standard InChI is InChI=1S/C80H148O17P2/c1-6-9-12-15-18-21-24-26-30-35-39-44-49-54-59-64-78(83)91-70-76(97-80(85)66-61-56-51-46-41-37-33-29-28-32-34-38-42-47-52-57-62-73(4)5)72-95-99(88,89)93-68-74(81)67-92-98(86,87)94-71-75(69-90-77(82)63-58-53-48-43-23-20-17-14-11-8-3)96-79(84)65-60-55-50-45-40-36-31-27-25-22-19-16-13-10-7-2/h21-22,24-27,30-31,73-76,81H,6-20,23,28-29,32-72H2,1-5H3,(H,86,87)(H,88,89)/b24-21-,25-22-,30-26-,31-27-/t74-,75+,76+/m0/s1. The SMILES string of the molecule is CCCCCC/C=C\C=C/CCCCCCCC(=O)OC[C@H](COP(=O)(O)OC[C@@H](O)COP(=O)(O)OC[C@@H](COC(=O)CCCCCCCCCCCC)OC(=O)CCCCCCC/C=C\C=C/CCCCCC)OC(=O)CCCCCCCCCCCCCCCCCCC(C)C. The van der Waals surface area contributed by atoms with Gasteiger partial charge < -0.3 is 33.8 Å². The summed E-state index contributed by atoms with van der Waals surface area (Å²) in [5.41, 5.74) is 0. The van der Waals surface area contributed by atoms with E-state index in [9.17, 15) is 43.2 Å². The first-order valence-corrected chi connectivity index (χ1v) is 43.3. The lowest BCUT2D eigenvalue weighted by atomic mass is 10.0. The van der Waals surface area contributed by atoms with E-state index in [-0.39, 0.29) is 25.7 Å². The fourth-order valence-electron chi connectivity index (χ4n) is 11.3. The van der Waals surface area contributed by atoms with Gasteiger partial charge in [0.15, 0.2) is 12.2 Å². The van der Waals surface area contributed by atoms with Gasteiger partial charge in [-0.25, -0.2) is 9.13 Å². The third kappa shape index (κ3) is 73.1. The third-order valence-corrected chi connectivity index (χ3v) is 19.4. The van der Waals surface area contributed by atoms with Gasteiger partial charge in [0.05, 0.1) is 26.4 Å². The summed E-state index contributed by atoms with van der Waals surface area (Å²) in [7, 11) is -9.94. The number of phosphoric ester groups is 2. The van der Waals surface area contributed by atoms with E-state index >= 15 is 0 Å². The number of allylic oxidation sites excluding steroid dienone is 8. The zero-order valence-corrected chi connectivity index (χ0v) is 65.4. The highest BCUT2D eigenvalue weighted by Gasteiger charge is 2.30. The van der Waals surface area contributed by atoms with Gasteiger partial charge >= 0.3 is 39.5 Å². The molecule has 17 nitrogen and oxygen atoms in total. The first-order valence-electron chi connectivity index (χ1n) is 40.3. The number of carbonyl (C=O) groups is 4. The molecule has 0 spiro atoms. The van der Waals surface area contributed by atoms with E-state index in [0.717, 1.165) is 128 Å². The Balaban J connectivity index is 5.30. The van der Waals surface area contributed by atoms with Crippen LogP contribution in [-0.2, 0) is 65.4 Å². The summed E-state index contributed by atoms with van der Waals surface area (Å²) in [6.45, 7) is 7.21. The number of aliphatic hydroxyl groups excluding tert-OH is 1. The number of ether oxygens (including phenoxy) is 4. The lowest BCUT2D eigenvalue weighted by Gasteiger charge is -2.21. The van der Waals surface area contributed by atoms with Gasteiger partial charge in [-0.2, -0.15) is 0 Å². The van der Waals surface area contributed by atoms with E-state index < -0.39 is 97.5 Å². The molecule has 0 aromatic heterocycles. The Morgan fingerprint density at radius 2 is 0.545 bits per heavy atom. The van der Waals surface area contributed by atoms with E-state index in [1.807, 2.05) is 0 Å². The van der Waals surface area contributed by atoms with E-state index in [4.69, 9.17) is 37.0 Å². The maximum absolute atomic E-state index is 13.1. The molecule has 0 heterocycles. The lowest BCUT2D eigenvalue weighted by Crippen LogP contribution is -2.30. The number of hydrogen-bond donors (Lipinski definition) is 3. The van der Waals surface area contributed by atoms with E-state index in [0.29, 0.717) is 25.7 Å². The van der Waals surface area contributed by atoms with Crippen LogP contribution in [0.1, 0.15) is 375 Å². The molecule has 580 valence electrons. The number of rotatable bonds is 76. The van der Waals surface area contributed by atoms with Gasteiger partial charge in [-0.15, -0.1) is 0 Å². The number of phosphoric acid groups is 2. The molecule has 0 amide bonds. The zero-order chi connectivity index (χ0) is 72.7. The molecule has 0 aromatic carbocycles. The number of unbranched alkanes of at least 4 members (excludes halogenated alkanes) is 42. The van der Waals surface area contributed by atoms with Crippen LogP contribution in [0.2, 0.25) is 0 Å². The summed E-state index contributed by atoms with van der Waals surface area (Å²) in [6, 6.07) is 0. The van der Waals surface area contributed by atoms with Crippen LogP contribution in [0, 0.1) is 5.92 Å². The van der Waals surface area contributed by atoms with Crippen molar-refractivity contribution in [1.82, 2.24) is 0 Å². The van der Waals surface area contributed by atoms with Crippen molar-refractivity contribution < 1.29 is 80.2 Å². The van der Waals surface area contributed by atoms with Gasteiger partial charge in [0.1, 0.15) is 19.3 Å². The molecule has 0 aliphatic heterocycles. The third-order valence-electron chi connectivity index (χ3n) is 17.5. The fraction of sp³-hybridized carbons (Fsp3) is 0.850. The first-order chi connectivity index (χ1) is 48.0. The maximum atomic E-state index is 13.1. The van der Waals surface area contributed by atoms with Crippen LogP contribution in [-0.4, -0.2) is 96.7 Å². The van der Waals surface area contributed by atoms with Gasteiger partial charge in [-0.05, 0) is 83.0 Å². The van der Waals surface area contributed by atoms with Crippen molar-refractivity contribution in [3.8, 4) is 0 Å². The van der Waals surface area contributed by atoms with Crippen LogP contribution in [0.5, 0.6) is 0 Å². The predicted molar refractivity (Wildman–Crippen MR) is 404 cm³/mol. The van der Waals surface area contributed by atoms with Gasteiger partial charge in [-0.3, -0.25) is 37.3 Å². The molecule has 0 rings (SSSR count). The highest BCUT2D eigenvalue weighted by atomic mass is 31.2. The molecule has 19 heteroatoms. The molecule has 0 aromatic rings. The quantitative estimate of drug-likeness (QED) is 0.0169. The van der Waals surface area contributed by atoms with Crippen LogP contribution >= 0.6 is 15.6 Å². The van der Waals surface area contributed by atoms with Crippen molar-refractivity contribution in [2.45, 2.75) is 393 Å². The predicted octanol–water partition coefficient (Wildman–Crippen LogP) is 23.1. The van der Waals surface area contributed by atoms with Crippen molar-refractivity contribution in [1.29, 1.82) is 0 Å². The molecular weight excluding hydrogens is 1290 g/mol. The molecule has 0 radical (unpaired) electrons. The average Bonchev–Trinajstić information content (AvgIpc) is 1.08. The normalized spacial score (nSPS) is 14.2. The molecule has 5 atom stereocenters. The van der Waals surface area contributed by atoms with Crippen molar-refractivity contribution in [2.24, 2.45) is 5.92 Å². The van der Waals surface area contributed by atoms with Crippen LogP contribution in [0.25, 0.3) is 0 Å². The molecule has 3 N–H and O–H groups in total. The van der Waals surface area contributed by atoms with Crippen molar-refractivity contribution in [2.75, 3.05) is 39.6 Å². The summed E-state index contributed by atoms with van der Waals surface area (Å²) in [6.07, 6.45) is 68.1. The second-order valence-electron chi connectivity index (χ2n) is 27.9. The monoisotopic (exact) mass is 1440 g/mol. The van der Waals surface area contributed by atoms with Crippen molar-refractivity contribution in [3.63, 3.8) is 0 Å². The second-order valence-corrected chi connectivity index (χ2v) is 30.8. The topological polar surface area (TPSA) is 237 Å². The van der Waals surface area contributed by atoms with E-state index in [1.54, 1.807) is 0 Å². The van der Waals surface area contributed by atoms with Crippen molar-refractivity contribution in [3.05, 3.63) is 48.6 Å². The Bertz CT molecular complexity index is 2080. The molecule has 0 aliphatic carbocycles. The maximum Gasteiger partial charge on any atom is 0.472 e. The molecule has 0 bridgehead atoms. The van der Waals surface area contributed by atoms with Crippen molar-refractivity contribution >= 4 is 39.5 Å². The molecule has 99 heavy (non-hydrogen) atoms. The largest absolute Gasteiger partial charge is 0.472 e. The minimum absolute atomic E-state index is 0.0830. The minimum atomic E-state index is -4.97. The summed E-state index contributed by atoms with van der Waals surface area (Å²) in [5, 5.41) is 10.6. The number of carbonyl (C=O) groups excluding carboxylic acids is 4. The lowest BCUT2D eigenvalue weighted by molar-refractivity contribution is -0.161. The molecule has 0 aliphatic rings. The summed E-state index contributed by atoms with van der Waals surface area (Å²) < 4.78 is 68.6. The molecule has 2 unspecified atom stereocenters. The number of esters is 4. The Labute approximate surface area is 604 Å². The Hall–Kier alpha value is -2.98. The highest BCUT2D eigenvalue weighted by molar-refractivity contribution is 7.47. The number of hydrogen-bond acceptors (Lipinski definition) is 15. The Kier molecular flexibility index (Phi) is 69.8.